The summed E-state index contributed by atoms with van der Waals surface area (Å²) in [5.41, 5.74) is 6.02. The van der Waals surface area contributed by atoms with Crippen molar-refractivity contribution in [3.63, 3.8) is 0 Å². The molecule has 0 aliphatic carbocycles. The van der Waals surface area contributed by atoms with Gasteiger partial charge in [-0.05, 0) is 31.5 Å². The molecule has 0 spiro atoms. The first-order chi connectivity index (χ1) is 7.99. The van der Waals surface area contributed by atoms with Gasteiger partial charge in [0.05, 0.1) is 12.5 Å². The molecule has 0 saturated heterocycles. The van der Waals surface area contributed by atoms with Crippen LogP contribution < -0.4 is 15.8 Å². The lowest BCUT2D eigenvalue weighted by Gasteiger charge is -2.21. The van der Waals surface area contributed by atoms with Crippen molar-refractivity contribution < 1.29 is 9.53 Å². The fraction of sp³-hybridized carbons (Fsp3) is 0.462. The van der Waals surface area contributed by atoms with Crippen LogP contribution in [-0.2, 0) is 11.3 Å². The zero-order valence-electron chi connectivity index (χ0n) is 11.0. The minimum absolute atomic E-state index is 0. The van der Waals surface area contributed by atoms with Crippen molar-refractivity contribution in [3.05, 3.63) is 29.8 Å². The van der Waals surface area contributed by atoms with E-state index in [2.05, 4.69) is 5.32 Å². The number of ether oxygens (including phenoxy) is 1. The number of hydrogen-bond donors (Lipinski definition) is 2. The fourth-order valence-corrected chi connectivity index (χ4v) is 1.30. The SMILES string of the molecule is COc1cccc(CNC(=O)C(C)(C)CN)c1.Cl. The minimum atomic E-state index is -0.529. The van der Waals surface area contributed by atoms with Crippen molar-refractivity contribution in [2.45, 2.75) is 20.4 Å². The number of nitrogens with one attached hydrogen (secondary N) is 1. The van der Waals surface area contributed by atoms with Crippen LogP contribution in [0.3, 0.4) is 0 Å². The summed E-state index contributed by atoms with van der Waals surface area (Å²) in [5, 5.41) is 2.87. The molecule has 0 unspecified atom stereocenters. The number of amides is 1. The number of carbonyl (C=O) groups excluding carboxylic acids is 1. The summed E-state index contributed by atoms with van der Waals surface area (Å²) in [5.74, 6) is 0.748. The van der Waals surface area contributed by atoms with Gasteiger partial charge >= 0.3 is 0 Å². The molecule has 0 aromatic heterocycles. The van der Waals surface area contributed by atoms with E-state index < -0.39 is 5.41 Å². The monoisotopic (exact) mass is 272 g/mol. The second-order valence-electron chi connectivity index (χ2n) is 4.62. The molecule has 1 aromatic carbocycles. The van der Waals surface area contributed by atoms with Gasteiger partial charge in [0.2, 0.25) is 5.91 Å². The van der Waals surface area contributed by atoms with Crippen LogP contribution >= 0.6 is 12.4 Å². The molecule has 1 aromatic rings. The minimum Gasteiger partial charge on any atom is -0.497 e. The van der Waals surface area contributed by atoms with Crippen LogP contribution in [0.25, 0.3) is 0 Å². The zero-order valence-corrected chi connectivity index (χ0v) is 11.8. The predicted molar refractivity (Wildman–Crippen MR) is 74.9 cm³/mol. The van der Waals surface area contributed by atoms with Gasteiger partial charge in [0.1, 0.15) is 5.75 Å². The lowest BCUT2D eigenvalue weighted by atomic mass is 9.92. The molecule has 0 bridgehead atoms. The maximum absolute atomic E-state index is 11.8. The summed E-state index contributed by atoms with van der Waals surface area (Å²) in [7, 11) is 1.62. The fourth-order valence-electron chi connectivity index (χ4n) is 1.30. The Hall–Kier alpha value is -1.26. The molecule has 102 valence electrons. The van der Waals surface area contributed by atoms with Gasteiger partial charge in [-0.15, -0.1) is 12.4 Å². The first-order valence-electron chi connectivity index (χ1n) is 5.61. The Morgan fingerprint density at radius 1 is 1.44 bits per heavy atom. The smallest absolute Gasteiger partial charge is 0.227 e. The molecule has 0 saturated carbocycles. The number of rotatable bonds is 5. The highest BCUT2D eigenvalue weighted by Gasteiger charge is 2.25. The Bertz CT molecular complexity index is 394. The van der Waals surface area contributed by atoms with Crippen molar-refractivity contribution in [3.8, 4) is 5.75 Å². The summed E-state index contributed by atoms with van der Waals surface area (Å²) >= 11 is 0. The van der Waals surface area contributed by atoms with Gasteiger partial charge in [-0.1, -0.05) is 12.1 Å². The normalized spacial score (nSPS) is 10.4. The second-order valence-corrected chi connectivity index (χ2v) is 4.62. The molecule has 5 heteroatoms. The third-order valence-electron chi connectivity index (χ3n) is 2.71. The maximum Gasteiger partial charge on any atom is 0.227 e. The van der Waals surface area contributed by atoms with Crippen LogP contribution in [0.5, 0.6) is 5.75 Å². The van der Waals surface area contributed by atoms with Gasteiger partial charge in [-0.25, -0.2) is 0 Å². The van der Waals surface area contributed by atoms with Crippen molar-refractivity contribution in [1.29, 1.82) is 0 Å². The molecule has 0 heterocycles. The van der Waals surface area contributed by atoms with Gasteiger partial charge in [0.25, 0.3) is 0 Å². The van der Waals surface area contributed by atoms with E-state index in [1.807, 2.05) is 38.1 Å². The van der Waals surface area contributed by atoms with Crippen molar-refractivity contribution in [1.82, 2.24) is 5.32 Å². The number of methoxy groups -OCH3 is 1. The van der Waals surface area contributed by atoms with Crippen molar-refractivity contribution in [2.75, 3.05) is 13.7 Å². The van der Waals surface area contributed by atoms with Gasteiger partial charge in [-0.3, -0.25) is 4.79 Å². The molecule has 0 aliphatic heterocycles. The molecule has 4 nitrogen and oxygen atoms in total. The Morgan fingerprint density at radius 3 is 2.67 bits per heavy atom. The Kier molecular flexibility index (Phi) is 6.73. The Morgan fingerprint density at radius 2 is 2.11 bits per heavy atom. The second kappa shape index (κ2) is 7.24. The summed E-state index contributed by atoms with van der Waals surface area (Å²) < 4.78 is 5.12. The summed E-state index contributed by atoms with van der Waals surface area (Å²) in [6.45, 7) is 4.47. The van der Waals surface area contributed by atoms with Gasteiger partial charge in [-0.2, -0.15) is 0 Å². The van der Waals surface area contributed by atoms with Crippen LogP contribution in [0.4, 0.5) is 0 Å². The Labute approximate surface area is 114 Å². The first kappa shape index (κ1) is 16.7. The topological polar surface area (TPSA) is 64.3 Å². The maximum atomic E-state index is 11.8. The van der Waals surface area contributed by atoms with E-state index in [0.717, 1.165) is 11.3 Å². The quantitative estimate of drug-likeness (QED) is 0.858. The highest BCUT2D eigenvalue weighted by molar-refractivity contribution is 5.85. The molecule has 1 rings (SSSR count). The first-order valence-corrected chi connectivity index (χ1v) is 5.61. The van der Waals surface area contributed by atoms with Crippen LogP contribution in [0, 0.1) is 5.41 Å². The Balaban J connectivity index is 0.00000289. The third-order valence-corrected chi connectivity index (χ3v) is 2.71. The molecule has 1 amide bonds. The molecule has 3 N–H and O–H groups in total. The largest absolute Gasteiger partial charge is 0.497 e. The lowest BCUT2D eigenvalue weighted by Crippen LogP contribution is -2.41. The van der Waals surface area contributed by atoms with Crippen LogP contribution in [0.2, 0.25) is 0 Å². The van der Waals surface area contributed by atoms with Gasteiger partial charge in [0.15, 0.2) is 0 Å². The lowest BCUT2D eigenvalue weighted by molar-refractivity contribution is -0.129. The van der Waals surface area contributed by atoms with E-state index >= 15 is 0 Å². The molecule has 0 atom stereocenters. The number of benzene rings is 1. The third kappa shape index (κ3) is 4.55. The average Bonchev–Trinajstić information content (AvgIpc) is 2.36. The number of halogens is 1. The molecular weight excluding hydrogens is 252 g/mol. The number of carbonyl (C=O) groups is 1. The van der Waals surface area contributed by atoms with E-state index in [4.69, 9.17) is 10.5 Å². The summed E-state index contributed by atoms with van der Waals surface area (Å²) in [6, 6.07) is 7.61. The van der Waals surface area contributed by atoms with E-state index in [9.17, 15) is 4.79 Å². The standard InChI is InChI=1S/C13H20N2O2.ClH/c1-13(2,9-14)12(16)15-8-10-5-4-6-11(7-10)17-3;/h4-7H,8-9,14H2,1-3H3,(H,15,16);1H. The molecule has 0 aliphatic rings. The van der Waals surface area contributed by atoms with E-state index in [0.29, 0.717) is 13.1 Å². The van der Waals surface area contributed by atoms with Gasteiger partial charge < -0.3 is 15.8 Å². The van der Waals surface area contributed by atoms with Crippen LogP contribution in [0.1, 0.15) is 19.4 Å². The summed E-state index contributed by atoms with van der Waals surface area (Å²) in [6.07, 6.45) is 0. The molecule has 0 fully saturated rings. The number of nitrogens with two attached hydrogens (primary N) is 1. The summed E-state index contributed by atoms with van der Waals surface area (Å²) in [4.78, 5) is 11.8. The van der Waals surface area contributed by atoms with E-state index in [1.54, 1.807) is 7.11 Å². The molecular formula is C13H21ClN2O2. The van der Waals surface area contributed by atoms with Crippen molar-refractivity contribution >= 4 is 18.3 Å². The van der Waals surface area contributed by atoms with Crippen molar-refractivity contribution in [2.24, 2.45) is 11.1 Å². The van der Waals surface area contributed by atoms with Gasteiger partial charge in [0, 0.05) is 13.1 Å². The van der Waals surface area contributed by atoms with Crippen LogP contribution in [0.15, 0.2) is 24.3 Å². The van der Waals surface area contributed by atoms with E-state index in [1.165, 1.54) is 0 Å². The highest BCUT2D eigenvalue weighted by Crippen LogP contribution is 2.15. The molecule has 18 heavy (non-hydrogen) atoms. The predicted octanol–water partition coefficient (Wildman–Crippen LogP) is 1.72. The van der Waals surface area contributed by atoms with Crippen LogP contribution in [-0.4, -0.2) is 19.6 Å². The average molecular weight is 273 g/mol. The van der Waals surface area contributed by atoms with E-state index in [-0.39, 0.29) is 18.3 Å². The zero-order chi connectivity index (χ0) is 12.9. The highest BCUT2D eigenvalue weighted by atomic mass is 35.5. The molecule has 0 radical (unpaired) electrons. The number of hydrogen-bond acceptors (Lipinski definition) is 3.